The Kier molecular flexibility index (Phi) is 3.84. The van der Waals surface area contributed by atoms with Crippen molar-refractivity contribution in [2.75, 3.05) is 0 Å². The summed E-state index contributed by atoms with van der Waals surface area (Å²) in [7, 11) is 0. The Hall–Kier alpha value is -2.93. The van der Waals surface area contributed by atoms with Crippen LogP contribution in [0.1, 0.15) is 38.2 Å². The van der Waals surface area contributed by atoms with Gasteiger partial charge in [-0.25, -0.2) is 0 Å². The van der Waals surface area contributed by atoms with Gasteiger partial charge < -0.3 is 0 Å². The van der Waals surface area contributed by atoms with Crippen molar-refractivity contribution in [3.63, 3.8) is 0 Å². The van der Waals surface area contributed by atoms with Crippen LogP contribution in [0.15, 0.2) is 72.8 Å². The molecule has 0 unspecified atom stereocenters. The molecule has 0 atom stereocenters. The molecule has 4 rings (SSSR count). The van der Waals surface area contributed by atoms with Crippen molar-refractivity contribution < 1.29 is 4.79 Å². The van der Waals surface area contributed by atoms with Crippen LogP contribution in [0, 0.1) is 0 Å². The van der Waals surface area contributed by atoms with Gasteiger partial charge in [-0.1, -0.05) is 66.7 Å². The minimum absolute atomic E-state index is 0.708. The zero-order valence-corrected chi connectivity index (χ0v) is 13.4. The largest absolute Gasteiger partial charge is 0.298 e. The molecule has 0 aromatic heterocycles. The number of benzene rings is 3. The molecular formula is C23H18O. The van der Waals surface area contributed by atoms with Crippen molar-refractivity contribution in [1.29, 1.82) is 0 Å². The van der Waals surface area contributed by atoms with Crippen LogP contribution in [-0.4, -0.2) is 6.29 Å². The molecule has 0 radical (unpaired) electrons. The Bertz CT molecular complexity index is 885. The SMILES string of the molecule is O=Cc1cccc(C=C2c3ccccc3CCc3ccccc32)c1. The molecule has 1 aliphatic rings. The average molecular weight is 310 g/mol. The highest BCUT2D eigenvalue weighted by molar-refractivity contribution is 5.94. The first-order chi connectivity index (χ1) is 11.8. The zero-order valence-electron chi connectivity index (χ0n) is 13.4. The van der Waals surface area contributed by atoms with Crippen LogP contribution in [0.5, 0.6) is 0 Å². The second kappa shape index (κ2) is 6.29. The lowest BCUT2D eigenvalue weighted by atomic mass is 9.92. The fraction of sp³-hybridized carbons (Fsp3) is 0.0870. The van der Waals surface area contributed by atoms with E-state index in [2.05, 4.69) is 60.7 Å². The van der Waals surface area contributed by atoms with Crippen LogP contribution in [0.2, 0.25) is 0 Å². The molecule has 3 aromatic carbocycles. The second-order valence-electron chi connectivity index (χ2n) is 6.16. The highest BCUT2D eigenvalue weighted by atomic mass is 16.1. The average Bonchev–Trinajstić information content (AvgIpc) is 2.80. The maximum absolute atomic E-state index is 11.1. The normalized spacial score (nSPS) is 12.8. The molecule has 0 aliphatic heterocycles. The molecule has 0 bridgehead atoms. The van der Waals surface area contributed by atoms with Crippen LogP contribution >= 0.6 is 0 Å². The van der Waals surface area contributed by atoms with Crippen molar-refractivity contribution in [1.82, 2.24) is 0 Å². The number of carbonyl (C=O) groups is 1. The van der Waals surface area contributed by atoms with Crippen molar-refractivity contribution in [2.45, 2.75) is 12.8 Å². The summed E-state index contributed by atoms with van der Waals surface area (Å²) in [4.78, 5) is 11.1. The smallest absolute Gasteiger partial charge is 0.150 e. The molecule has 116 valence electrons. The topological polar surface area (TPSA) is 17.1 Å². The maximum Gasteiger partial charge on any atom is 0.150 e. The molecule has 0 spiro atoms. The quantitative estimate of drug-likeness (QED) is 0.596. The molecule has 24 heavy (non-hydrogen) atoms. The predicted molar refractivity (Wildman–Crippen MR) is 99.1 cm³/mol. The van der Waals surface area contributed by atoms with Gasteiger partial charge in [-0.05, 0) is 58.4 Å². The van der Waals surface area contributed by atoms with Gasteiger partial charge in [-0.3, -0.25) is 4.79 Å². The van der Waals surface area contributed by atoms with Gasteiger partial charge in [0.05, 0.1) is 0 Å². The first-order valence-electron chi connectivity index (χ1n) is 8.28. The van der Waals surface area contributed by atoms with E-state index >= 15 is 0 Å². The van der Waals surface area contributed by atoms with Gasteiger partial charge in [0.25, 0.3) is 0 Å². The second-order valence-corrected chi connectivity index (χ2v) is 6.16. The zero-order chi connectivity index (χ0) is 16.4. The molecule has 1 heteroatoms. The molecule has 0 N–H and O–H groups in total. The van der Waals surface area contributed by atoms with E-state index in [9.17, 15) is 4.79 Å². The highest BCUT2D eigenvalue weighted by Crippen LogP contribution is 2.34. The van der Waals surface area contributed by atoms with Gasteiger partial charge in [0, 0.05) is 5.56 Å². The summed E-state index contributed by atoms with van der Waals surface area (Å²) < 4.78 is 0. The lowest BCUT2D eigenvalue weighted by molar-refractivity contribution is 0.112. The van der Waals surface area contributed by atoms with Crippen LogP contribution in [0.3, 0.4) is 0 Å². The van der Waals surface area contributed by atoms with E-state index in [0.717, 1.165) is 24.7 Å². The van der Waals surface area contributed by atoms with E-state index in [0.29, 0.717) is 5.56 Å². The standard InChI is InChI=1S/C23H18O/c24-16-18-7-5-6-17(14-18)15-23-21-10-3-1-8-19(21)12-13-20-9-2-4-11-22(20)23/h1-11,14-16H,12-13H2. The van der Waals surface area contributed by atoms with Gasteiger partial charge in [0.1, 0.15) is 6.29 Å². The van der Waals surface area contributed by atoms with Gasteiger partial charge >= 0.3 is 0 Å². The van der Waals surface area contributed by atoms with Crippen LogP contribution in [-0.2, 0) is 12.8 Å². The van der Waals surface area contributed by atoms with E-state index < -0.39 is 0 Å². The van der Waals surface area contributed by atoms with Gasteiger partial charge in [0.2, 0.25) is 0 Å². The Labute approximate surface area is 142 Å². The van der Waals surface area contributed by atoms with Crippen molar-refractivity contribution in [3.05, 3.63) is 106 Å². The van der Waals surface area contributed by atoms with Crippen LogP contribution in [0.25, 0.3) is 11.6 Å². The number of aldehydes is 1. The number of hydrogen-bond donors (Lipinski definition) is 0. The monoisotopic (exact) mass is 310 g/mol. The van der Waals surface area contributed by atoms with Crippen LogP contribution < -0.4 is 0 Å². The van der Waals surface area contributed by atoms with Crippen molar-refractivity contribution in [2.24, 2.45) is 0 Å². The Balaban J connectivity index is 1.95. The molecule has 1 aliphatic carbocycles. The summed E-state index contributed by atoms with van der Waals surface area (Å²) in [5.74, 6) is 0. The minimum Gasteiger partial charge on any atom is -0.298 e. The number of hydrogen-bond acceptors (Lipinski definition) is 1. The van der Waals surface area contributed by atoms with E-state index in [1.165, 1.54) is 27.8 Å². The Morgan fingerprint density at radius 2 is 1.25 bits per heavy atom. The third-order valence-corrected chi connectivity index (χ3v) is 4.64. The third kappa shape index (κ3) is 2.69. The number of fused-ring (bicyclic) bond motifs is 2. The maximum atomic E-state index is 11.1. The number of carbonyl (C=O) groups excluding carboxylic acids is 1. The van der Waals surface area contributed by atoms with Crippen molar-refractivity contribution in [3.8, 4) is 0 Å². The minimum atomic E-state index is 0.708. The lowest BCUT2D eigenvalue weighted by Gasteiger charge is -2.12. The first-order valence-corrected chi connectivity index (χ1v) is 8.28. The van der Waals surface area contributed by atoms with E-state index in [1.807, 2.05) is 18.2 Å². The number of rotatable bonds is 2. The summed E-state index contributed by atoms with van der Waals surface area (Å²) in [6.07, 6.45) is 5.21. The molecule has 0 fully saturated rings. The molecule has 0 heterocycles. The lowest BCUT2D eigenvalue weighted by Crippen LogP contribution is -1.92. The fourth-order valence-electron chi connectivity index (χ4n) is 3.46. The van der Waals surface area contributed by atoms with Gasteiger partial charge in [-0.15, -0.1) is 0 Å². The van der Waals surface area contributed by atoms with Crippen LogP contribution in [0.4, 0.5) is 0 Å². The molecule has 0 amide bonds. The first kappa shape index (κ1) is 14.6. The molecule has 0 saturated heterocycles. The van der Waals surface area contributed by atoms with Gasteiger partial charge in [-0.2, -0.15) is 0 Å². The summed E-state index contributed by atoms with van der Waals surface area (Å²) >= 11 is 0. The Morgan fingerprint density at radius 1 is 0.667 bits per heavy atom. The summed E-state index contributed by atoms with van der Waals surface area (Å²) in [6, 6.07) is 25.0. The van der Waals surface area contributed by atoms with E-state index in [1.54, 1.807) is 0 Å². The molecule has 1 nitrogen and oxygen atoms in total. The Morgan fingerprint density at radius 3 is 1.88 bits per heavy atom. The van der Waals surface area contributed by atoms with Gasteiger partial charge in [0.15, 0.2) is 0 Å². The predicted octanol–water partition coefficient (Wildman–Crippen LogP) is 5.19. The van der Waals surface area contributed by atoms with E-state index in [4.69, 9.17) is 0 Å². The van der Waals surface area contributed by atoms with E-state index in [-0.39, 0.29) is 0 Å². The molecular weight excluding hydrogens is 292 g/mol. The van der Waals surface area contributed by atoms with Crippen molar-refractivity contribution >= 4 is 17.9 Å². The summed E-state index contributed by atoms with van der Waals surface area (Å²) in [5.41, 5.74) is 8.35. The molecule has 0 saturated carbocycles. The molecule has 3 aromatic rings. The third-order valence-electron chi connectivity index (χ3n) is 4.64. The fourth-order valence-corrected chi connectivity index (χ4v) is 3.46. The summed E-state index contributed by atoms with van der Waals surface area (Å²) in [5, 5.41) is 0. The number of aryl methyl sites for hydroxylation is 2. The summed E-state index contributed by atoms with van der Waals surface area (Å²) in [6.45, 7) is 0. The highest BCUT2D eigenvalue weighted by Gasteiger charge is 2.17.